The van der Waals surface area contributed by atoms with E-state index in [1.54, 1.807) is 12.2 Å². The second-order valence-electron chi connectivity index (χ2n) is 4.45. The summed E-state index contributed by atoms with van der Waals surface area (Å²) < 4.78 is 38.4. The number of carboxylic acid groups (broad SMARTS) is 1. The summed E-state index contributed by atoms with van der Waals surface area (Å²) in [6.45, 7) is 1.73. The van der Waals surface area contributed by atoms with Gasteiger partial charge in [-0.3, -0.25) is 4.79 Å². The molecule has 0 bridgehead atoms. The number of amides is 1. The number of aromatic nitrogens is 2. The zero-order valence-electron chi connectivity index (χ0n) is 11.2. The van der Waals surface area contributed by atoms with Crippen LogP contribution in [0.25, 0.3) is 5.69 Å². The zero-order valence-corrected chi connectivity index (χ0v) is 11.2. The molecule has 6 nitrogen and oxygen atoms in total. The number of nitrogens with one attached hydrogen (secondary N) is 1. The Hall–Kier alpha value is -2.84. The minimum atomic E-state index is -5.09. The number of rotatable bonds is 3. The molecule has 116 valence electrons. The van der Waals surface area contributed by atoms with Gasteiger partial charge in [-0.25, -0.2) is 9.48 Å². The number of nitrogens with zero attached hydrogens (tertiary/aromatic N) is 2. The van der Waals surface area contributed by atoms with Crippen molar-refractivity contribution in [2.24, 2.45) is 0 Å². The van der Waals surface area contributed by atoms with Gasteiger partial charge in [0.15, 0.2) is 0 Å². The van der Waals surface area contributed by atoms with E-state index in [1.165, 1.54) is 29.2 Å². The van der Waals surface area contributed by atoms with Crippen LogP contribution >= 0.6 is 0 Å². The Morgan fingerprint density at radius 3 is 2.50 bits per heavy atom. The fraction of sp³-hybridized carbons (Fsp3) is 0.154. The lowest BCUT2D eigenvalue weighted by molar-refractivity contribution is -0.167. The SMILES string of the molecule is Cc1cnn(-c2ccc(C(=O)O)cc2NC(=O)C(F)(F)F)c1. The summed E-state index contributed by atoms with van der Waals surface area (Å²) in [5.74, 6) is -3.52. The molecular formula is C13H10F3N3O3. The van der Waals surface area contributed by atoms with Crippen molar-refractivity contribution in [1.82, 2.24) is 9.78 Å². The Balaban J connectivity index is 2.49. The molecule has 0 unspecified atom stereocenters. The lowest BCUT2D eigenvalue weighted by Crippen LogP contribution is -2.30. The van der Waals surface area contributed by atoms with Gasteiger partial charge in [-0.2, -0.15) is 18.3 Å². The van der Waals surface area contributed by atoms with E-state index in [4.69, 9.17) is 5.11 Å². The monoisotopic (exact) mass is 313 g/mol. The fourth-order valence-electron chi connectivity index (χ4n) is 1.71. The highest BCUT2D eigenvalue weighted by atomic mass is 19.4. The Bertz CT molecular complexity index is 738. The second kappa shape index (κ2) is 5.51. The molecule has 0 saturated carbocycles. The van der Waals surface area contributed by atoms with Crippen LogP contribution in [-0.2, 0) is 4.79 Å². The summed E-state index contributed by atoms with van der Waals surface area (Å²) in [5, 5.41) is 14.5. The van der Waals surface area contributed by atoms with Crippen molar-refractivity contribution in [1.29, 1.82) is 0 Å². The van der Waals surface area contributed by atoms with Gasteiger partial charge in [0.05, 0.1) is 23.1 Å². The van der Waals surface area contributed by atoms with Gasteiger partial charge < -0.3 is 10.4 Å². The molecule has 1 amide bonds. The van der Waals surface area contributed by atoms with E-state index in [1.807, 2.05) is 0 Å². The van der Waals surface area contributed by atoms with Gasteiger partial charge in [-0.05, 0) is 30.7 Å². The normalized spacial score (nSPS) is 11.3. The van der Waals surface area contributed by atoms with Crippen molar-refractivity contribution >= 4 is 17.6 Å². The van der Waals surface area contributed by atoms with Gasteiger partial charge in [0.25, 0.3) is 0 Å². The summed E-state index contributed by atoms with van der Waals surface area (Å²) in [5.41, 5.74) is 0.307. The number of aryl methyl sites for hydroxylation is 1. The molecule has 0 aliphatic carbocycles. The Labute approximate surface area is 122 Å². The Morgan fingerprint density at radius 2 is 2.00 bits per heavy atom. The maximum atomic E-state index is 12.4. The number of anilines is 1. The number of benzene rings is 1. The third-order valence-corrected chi connectivity index (χ3v) is 2.71. The zero-order chi connectivity index (χ0) is 16.5. The molecule has 0 aliphatic rings. The van der Waals surface area contributed by atoms with E-state index in [0.717, 1.165) is 11.6 Å². The molecule has 2 N–H and O–H groups in total. The summed E-state index contributed by atoms with van der Waals surface area (Å²) in [4.78, 5) is 22.0. The number of carbonyl (C=O) groups excluding carboxylic acids is 1. The topological polar surface area (TPSA) is 84.2 Å². The first kappa shape index (κ1) is 15.5. The van der Waals surface area contributed by atoms with Crippen LogP contribution < -0.4 is 5.32 Å². The maximum absolute atomic E-state index is 12.4. The molecular weight excluding hydrogens is 303 g/mol. The van der Waals surface area contributed by atoms with Crippen LogP contribution in [0.1, 0.15) is 15.9 Å². The summed E-state index contributed by atoms with van der Waals surface area (Å²) in [7, 11) is 0. The Kier molecular flexibility index (Phi) is 3.89. The molecule has 0 aliphatic heterocycles. The molecule has 1 aromatic heterocycles. The number of hydrogen-bond acceptors (Lipinski definition) is 3. The highest BCUT2D eigenvalue weighted by Gasteiger charge is 2.39. The molecule has 0 saturated heterocycles. The van der Waals surface area contributed by atoms with Gasteiger partial charge in [0.1, 0.15) is 0 Å². The third kappa shape index (κ3) is 3.25. The molecule has 22 heavy (non-hydrogen) atoms. The van der Waals surface area contributed by atoms with E-state index in [2.05, 4.69) is 5.10 Å². The largest absolute Gasteiger partial charge is 0.478 e. The lowest BCUT2D eigenvalue weighted by Gasteiger charge is -2.13. The van der Waals surface area contributed by atoms with E-state index < -0.39 is 18.1 Å². The number of carboxylic acids is 1. The first-order valence-electron chi connectivity index (χ1n) is 5.95. The fourth-order valence-corrected chi connectivity index (χ4v) is 1.71. The van der Waals surface area contributed by atoms with Crippen molar-refractivity contribution in [3.63, 3.8) is 0 Å². The quantitative estimate of drug-likeness (QED) is 0.911. The molecule has 0 radical (unpaired) electrons. The minimum Gasteiger partial charge on any atom is -0.478 e. The number of hydrogen-bond donors (Lipinski definition) is 2. The van der Waals surface area contributed by atoms with E-state index >= 15 is 0 Å². The number of halogens is 3. The molecule has 9 heteroatoms. The standard InChI is InChI=1S/C13H10F3N3O3/c1-7-5-17-19(6-7)10-3-2-8(11(20)21)4-9(10)18-12(22)13(14,15)16/h2-6H,1H3,(H,18,22)(H,20,21). The van der Waals surface area contributed by atoms with Crippen molar-refractivity contribution in [3.8, 4) is 5.69 Å². The van der Waals surface area contributed by atoms with Gasteiger partial charge in [-0.15, -0.1) is 0 Å². The van der Waals surface area contributed by atoms with Gasteiger partial charge in [0, 0.05) is 6.20 Å². The number of carbonyl (C=O) groups is 2. The van der Waals surface area contributed by atoms with Crippen LogP contribution in [0.3, 0.4) is 0 Å². The highest BCUT2D eigenvalue weighted by Crippen LogP contribution is 2.25. The second-order valence-corrected chi connectivity index (χ2v) is 4.45. The predicted octanol–water partition coefficient (Wildman–Crippen LogP) is 2.38. The molecule has 0 atom stereocenters. The van der Waals surface area contributed by atoms with Gasteiger partial charge in [0.2, 0.25) is 0 Å². The van der Waals surface area contributed by atoms with Gasteiger partial charge >= 0.3 is 18.1 Å². The molecule has 0 spiro atoms. The summed E-state index contributed by atoms with van der Waals surface area (Å²) in [6.07, 6.45) is -2.09. The summed E-state index contributed by atoms with van der Waals surface area (Å²) in [6, 6.07) is 3.41. The van der Waals surface area contributed by atoms with E-state index in [9.17, 15) is 22.8 Å². The lowest BCUT2D eigenvalue weighted by atomic mass is 10.1. The molecule has 2 aromatic rings. The van der Waals surface area contributed by atoms with Crippen LogP contribution in [0.5, 0.6) is 0 Å². The molecule has 0 fully saturated rings. The molecule has 1 aromatic carbocycles. The average Bonchev–Trinajstić information content (AvgIpc) is 2.84. The maximum Gasteiger partial charge on any atom is 0.471 e. The van der Waals surface area contributed by atoms with Crippen molar-refractivity contribution < 1.29 is 27.9 Å². The number of aromatic carboxylic acids is 1. The highest BCUT2D eigenvalue weighted by molar-refractivity contribution is 5.98. The first-order valence-corrected chi connectivity index (χ1v) is 5.95. The molecule has 2 rings (SSSR count). The Morgan fingerprint density at radius 1 is 1.32 bits per heavy atom. The van der Waals surface area contributed by atoms with Crippen LogP contribution in [0.4, 0.5) is 18.9 Å². The van der Waals surface area contributed by atoms with E-state index in [0.29, 0.717) is 0 Å². The van der Waals surface area contributed by atoms with Gasteiger partial charge in [-0.1, -0.05) is 0 Å². The third-order valence-electron chi connectivity index (χ3n) is 2.71. The number of alkyl halides is 3. The van der Waals surface area contributed by atoms with Crippen LogP contribution in [0, 0.1) is 6.92 Å². The van der Waals surface area contributed by atoms with E-state index in [-0.39, 0.29) is 16.9 Å². The van der Waals surface area contributed by atoms with Crippen molar-refractivity contribution in [2.45, 2.75) is 13.1 Å². The van der Waals surface area contributed by atoms with Crippen LogP contribution in [-0.4, -0.2) is 32.9 Å². The predicted molar refractivity (Wildman–Crippen MR) is 69.9 cm³/mol. The summed E-state index contributed by atoms with van der Waals surface area (Å²) >= 11 is 0. The van der Waals surface area contributed by atoms with Crippen molar-refractivity contribution in [3.05, 3.63) is 41.7 Å². The van der Waals surface area contributed by atoms with Crippen LogP contribution in [0.2, 0.25) is 0 Å². The minimum absolute atomic E-state index is 0.121. The van der Waals surface area contributed by atoms with Crippen LogP contribution in [0.15, 0.2) is 30.6 Å². The smallest absolute Gasteiger partial charge is 0.471 e. The molecule has 1 heterocycles. The first-order chi connectivity index (χ1) is 10.2. The average molecular weight is 313 g/mol. The van der Waals surface area contributed by atoms with Crippen molar-refractivity contribution in [2.75, 3.05) is 5.32 Å².